The van der Waals surface area contributed by atoms with E-state index in [-0.39, 0.29) is 19.1 Å². The molecule has 0 aliphatic carbocycles. The Bertz CT molecular complexity index is 1160. The van der Waals surface area contributed by atoms with Crippen molar-refractivity contribution in [3.8, 4) is 0 Å². The van der Waals surface area contributed by atoms with E-state index in [1.807, 2.05) is 21.1 Å². The first-order valence-corrected chi connectivity index (χ1v) is 31.2. The van der Waals surface area contributed by atoms with E-state index in [9.17, 15) is 19.4 Å². The number of amides is 1. The molecule has 0 saturated carbocycles. The van der Waals surface area contributed by atoms with E-state index in [1.165, 1.54) is 218 Å². The van der Waals surface area contributed by atoms with E-state index in [0.717, 1.165) is 51.4 Å². The number of carbonyl (C=O) groups is 1. The summed E-state index contributed by atoms with van der Waals surface area (Å²) in [5, 5.41) is 14.1. The summed E-state index contributed by atoms with van der Waals surface area (Å²) in [6.45, 7) is 4.89. The van der Waals surface area contributed by atoms with E-state index >= 15 is 0 Å². The topological polar surface area (TPSA) is 105 Å². The number of rotatable bonds is 55. The number of allylic oxidation sites excluding steroid dienone is 4. The smallest absolute Gasteiger partial charge is 0.391 e. The number of phosphoric acid groups is 1. The number of likely N-dealkylation sites (N-methyl/N-ethyl adjacent to an activating group) is 1. The number of carbonyl (C=O) groups excluding carboxylic acids is 1. The first-order valence-electron chi connectivity index (χ1n) is 29.7. The number of aliphatic hydroxyl groups is 1. The molecule has 404 valence electrons. The van der Waals surface area contributed by atoms with Gasteiger partial charge in [-0.15, -0.1) is 0 Å². The Morgan fingerprint density at radius 2 is 0.838 bits per heavy atom. The van der Waals surface area contributed by atoms with Gasteiger partial charge in [0.05, 0.1) is 39.9 Å². The minimum atomic E-state index is -4.32. The van der Waals surface area contributed by atoms with E-state index in [4.69, 9.17) is 9.05 Å². The van der Waals surface area contributed by atoms with E-state index in [2.05, 4.69) is 43.5 Å². The van der Waals surface area contributed by atoms with Crippen LogP contribution in [-0.2, 0) is 18.4 Å². The van der Waals surface area contributed by atoms with Crippen LogP contribution in [-0.4, -0.2) is 73.4 Å². The monoisotopic (exact) mass is 982 g/mol. The van der Waals surface area contributed by atoms with Crippen LogP contribution in [0.5, 0.6) is 0 Å². The van der Waals surface area contributed by atoms with E-state index in [1.54, 1.807) is 0 Å². The summed E-state index contributed by atoms with van der Waals surface area (Å²) in [6, 6.07) is -0.764. The Balaban J connectivity index is 4.08. The van der Waals surface area contributed by atoms with Crippen LogP contribution in [0.2, 0.25) is 0 Å². The number of hydrogen-bond donors (Lipinski definition) is 3. The molecule has 0 aromatic rings. The number of phosphoric ester groups is 1. The highest BCUT2D eigenvalue weighted by atomic mass is 31.2. The summed E-state index contributed by atoms with van der Waals surface area (Å²) >= 11 is 0. The Kier molecular flexibility index (Phi) is 50.1. The van der Waals surface area contributed by atoms with Gasteiger partial charge in [-0.25, -0.2) is 4.57 Å². The second kappa shape index (κ2) is 50.9. The van der Waals surface area contributed by atoms with Gasteiger partial charge in [-0.05, 0) is 44.9 Å². The summed E-state index contributed by atoms with van der Waals surface area (Å²) in [5.74, 6) is -0.149. The summed E-state index contributed by atoms with van der Waals surface area (Å²) < 4.78 is 23.8. The van der Waals surface area contributed by atoms with Gasteiger partial charge in [0, 0.05) is 6.42 Å². The molecule has 0 spiro atoms. The molecule has 68 heavy (non-hydrogen) atoms. The van der Waals surface area contributed by atoms with Crippen molar-refractivity contribution in [2.24, 2.45) is 0 Å². The van der Waals surface area contributed by atoms with Gasteiger partial charge < -0.3 is 19.8 Å². The Morgan fingerprint density at radius 1 is 0.500 bits per heavy atom. The minimum absolute atomic E-state index is 0.0741. The van der Waals surface area contributed by atoms with Gasteiger partial charge in [0.15, 0.2) is 0 Å². The molecule has 3 unspecified atom stereocenters. The fourth-order valence-electron chi connectivity index (χ4n) is 9.02. The number of nitrogens with zero attached hydrogens (tertiary/aromatic N) is 1. The van der Waals surface area contributed by atoms with Crippen molar-refractivity contribution in [1.29, 1.82) is 0 Å². The van der Waals surface area contributed by atoms with Gasteiger partial charge in [-0.3, -0.25) is 13.8 Å². The SMILES string of the molecule is CCCCC/C=C\C/C=C\CCCCCCCCCC(=O)NC(COP(=O)(O)OCC[N+](C)(C)C)C(O)CCCCCCCCCCCCCCCCCCCCCCCCCCCCCCC. The molecule has 8 nitrogen and oxygen atoms in total. The van der Waals surface area contributed by atoms with Gasteiger partial charge in [-0.1, -0.05) is 269 Å². The van der Waals surface area contributed by atoms with Crippen molar-refractivity contribution >= 4 is 13.7 Å². The number of quaternary nitrogens is 1. The summed E-state index contributed by atoms with van der Waals surface area (Å²) in [7, 11) is 1.62. The predicted octanol–water partition coefficient (Wildman–Crippen LogP) is 18.0. The van der Waals surface area contributed by atoms with Crippen LogP contribution < -0.4 is 5.32 Å². The highest BCUT2D eigenvalue weighted by Gasteiger charge is 2.28. The molecule has 3 N–H and O–H groups in total. The van der Waals surface area contributed by atoms with Crippen molar-refractivity contribution in [1.82, 2.24) is 5.32 Å². The molecule has 0 rings (SSSR count). The molecular weight excluding hydrogens is 864 g/mol. The maximum atomic E-state index is 13.0. The molecule has 3 atom stereocenters. The summed E-state index contributed by atoms with van der Waals surface area (Å²) in [6.07, 6.45) is 63.9. The highest BCUT2D eigenvalue weighted by Crippen LogP contribution is 2.43. The van der Waals surface area contributed by atoms with Crippen LogP contribution in [0.3, 0.4) is 0 Å². The molecule has 0 aliphatic heterocycles. The van der Waals surface area contributed by atoms with Gasteiger partial charge in [0.1, 0.15) is 13.2 Å². The predicted molar refractivity (Wildman–Crippen MR) is 295 cm³/mol. The molecule has 0 aromatic heterocycles. The third-order valence-electron chi connectivity index (χ3n) is 13.7. The van der Waals surface area contributed by atoms with Crippen LogP contribution >= 0.6 is 7.82 Å². The zero-order chi connectivity index (χ0) is 49.9. The molecule has 0 aromatic carbocycles. The lowest BCUT2D eigenvalue weighted by atomic mass is 10.0. The first-order chi connectivity index (χ1) is 33.0. The second-order valence-corrected chi connectivity index (χ2v) is 23.2. The third-order valence-corrected chi connectivity index (χ3v) is 14.7. The molecule has 1 amide bonds. The largest absolute Gasteiger partial charge is 0.472 e. The molecule has 0 radical (unpaired) electrons. The summed E-state index contributed by atoms with van der Waals surface area (Å²) in [4.78, 5) is 23.3. The van der Waals surface area contributed by atoms with Gasteiger partial charge in [0.25, 0.3) is 0 Å². The fourth-order valence-corrected chi connectivity index (χ4v) is 9.76. The van der Waals surface area contributed by atoms with Gasteiger partial charge in [-0.2, -0.15) is 0 Å². The van der Waals surface area contributed by atoms with Crippen molar-refractivity contribution < 1.29 is 32.9 Å². The van der Waals surface area contributed by atoms with Crippen molar-refractivity contribution in [2.45, 2.75) is 309 Å². The maximum Gasteiger partial charge on any atom is 0.472 e. The molecule has 9 heteroatoms. The van der Waals surface area contributed by atoms with E-state index in [0.29, 0.717) is 23.9 Å². The van der Waals surface area contributed by atoms with Crippen LogP contribution in [0, 0.1) is 0 Å². The molecule has 0 bridgehead atoms. The van der Waals surface area contributed by atoms with Crippen molar-refractivity contribution in [3.63, 3.8) is 0 Å². The lowest BCUT2D eigenvalue weighted by molar-refractivity contribution is -0.870. The average molecular weight is 983 g/mol. The zero-order valence-electron chi connectivity index (χ0n) is 46.1. The average Bonchev–Trinajstić information content (AvgIpc) is 3.30. The number of aliphatic hydroxyl groups excluding tert-OH is 1. The van der Waals surface area contributed by atoms with Crippen molar-refractivity contribution in [2.75, 3.05) is 40.9 Å². The molecular formula is C59H118N2O6P+. The molecule has 0 fully saturated rings. The number of unbranched alkanes of at least 4 members (excludes halogenated alkanes) is 38. The molecule has 0 saturated heterocycles. The normalized spacial score (nSPS) is 14.0. The highest BCUT2D eigenvalue weighted by molar-refractivity contribution is 7.47. The quantitative estimate of drug-likeness (QED) is 0.0243. The lowest BCUT2D eigenvalue weighted by Crippen LogP contribution is -2.46. The molecule has 0 heterocycles. The van der Waals surface area contributed by atoms with E-state index < -0.39 is 20.0 Å². The van der Waals surface area contributed by atoms with Crippen LogP contribution in [0.15, 0.2) is 24.3 Å². The minimum Gasteiger partial charge on any atom is -0.391 e. The van der Waals surface area contributed by atoms with Crippen LogP contribution in [0.25, 0.3) is 0 Å². The fraction of sp³-hybridized carbons (Fsp3) is 0.915. The van der Waals surface area contributed by atoms with Gasteiger partial charge in [0.2, 0.25) is 5.91 Å². The van der Waals surface area contributed by atoms with Gasteiger partial charge >= 0.3 is 7.82 Å². The summed E-state index contributed by atoms with van der Waals surface area (Å²) in [5.41, 5.74) is 0. The second-order valence-electron chi connectivity index (χ2n) is 21.7. The Labute approximate surface area is 424 Å². The first kappa shape index (κ1) is 67.0. The van der Waals surface area contributed by atoms with Crippen LogP contribution in [0.4, 0.5) is 0 Å². The van der Waals surface area contributed by atoms with Crippen molar-refractivity contribution in [3.05, 3.63) is 24.3 Å². The lowest BCUT2D eigenvalue weighted by Gasteiger charge is -2.26. The maximum absolute atomic E-state index is 13.0. The third kappa shape index (κ3) is 52.8. The Morgan fingerprint density at radius 3 is 1.24 bits per heavy atom. The Hall–Kier alpha value is -1.02. The number of nitrogens with one attached hydrogen (secondary N) is 1. The zero-order valence-corrected chi connectivity index (χ0v) is 47.0. The van der Waals surface area contributed by atoms with Crippen LogP contribution in [0.1, 0.15) is 296 Å². The number of hydrogen-bond acceptors (Lipinski definition) is 5. The standard InChI is InChI=1S/C59H117N2O6P/c1-6-8-10-12-14-16-18-20-22-24-25-26-27-28-29-30-31-32-33-34-35-37-38-40-42-44-46-48-50-52-58(62)57(56-67-68(64,65)66-55-54-61(3,4)5)60-59(63)53-51-49-47-45-43-41-39-36-23-21-19-17-15-13-11-9-7-2/h15,17,21,23,57-58,62H,6-14,16,18-20,22,24-56H2,1-5H3,(H-,60,63,64,65)/p+1/b17-15-,23-21-. The molecule has 0 aliphatic rings.